The molecule has 1 aromatic heterocycles. The van der Waals surface area contributed by atoms with Gasteiger partial charge in [-0.05, 0) is 19.4 Å². The highest BCUT2D eigenvalue weighted by molar-refractivity contribution is 5.05. The molecule has 0 radical (unpaired) electrons. The number of nitrogens with zero attached hydrogens (tertiary/aromatic N) is 2. The molecule has 1 aliphatic rings. The molecule has 0 spiro atoms. The number of hydrogen-bond acceptors (Lipinski definition) is 5. The molecule has 0 aromatic carbocycles. The molecule has 1 aliphatic heterocycles. The van der Waals surface area contributed by atoms with Gasteiger partial charge in [0, 0.05) is 32.3 Å². The van der Waals surface area contributed by atoms with Gasteiger partial charge in [-0.15, -0.1) is 0 Å². The number of nitrogens with one attached hydrogen (secondary N) is 1. The minimum Gasteiger partial charge on any atom is -0.380 e. The van der Waals surface area contributed by atoms with Crippen molar-refractivity contribution in [2.45, 2.75) is 51.9 Å². The highest BCUT2D eigenvalue weighted by atomic mass is 16.5. The molecule has 1 N–H and O–H groups in total. The molecule has 108 valence electrons. The van der Waals surface area contributed by atoms with Crippen LogP contribution in [0.5, 0.6) is 0 Å². The Morgan fingerprint density at radius 3 is 3.16 bits per heavy atom. The summed E-state index contributed by atoms with van der Waals surface area (Å²) in [7, 11) is 1.79. The first kappa shape index (κ1) is 14.5. The smallest absolute Gasteiger partial charge is 0.151 e. The van der Waals surface area contributed by atoms with Crippen LogP contribution in [0.1, 0.15) is 38.1 Å². The molecule has 0 aliphatic carbocycles. The molecule has 19 heavy (non-hydrogen) atoms. The molecule has 2 rings (SSSR count). The lowest BCUT2D eigenvalue weighted by atomic mass is 10.1. The molecule has 0 bridgehead atoms. The van der Waals surface area contributed by atoms with Crippen LogP contribution >= 0.6 is 0 Å². The summed E-state index contributed by atoms with van der Waals surface area (Å²) in [6.07, 6.45) is 2.71. The first-order valence-corrected chi connectivity index (χ1v) is 7.10. The van der Waals surface area contributed by atoms with Crippen LogP contribution in [0.25, 0.3) is 0 Å². The molecule has 1 aromatic rings. The molecule has 5 nitrogen and oxygen atoms in total. The Balaban J connectivity index is 1.82. The summed E-state index contributed by atoms with van der Waals surface area (Å²) in [5.74, 6) is 0.942. The van der Waals surface area contributed by atoms with E-state index in [4.69, 9.17) is 9.26 Å². The molecule has 2 heterocycles. The van der Waals surface area contributed by atoms with Crippen LogP contribution in [-0.2, 0) is 17.8 Å². The van der Waals surface area contributed by atoms with E-state index in [0.29, 0.717) is 12.1 Å². The highest BCUT2D eigenvalue weighted by Crippen LogP contribution is 2.16. The standard InChI is InChI=1S/C14H25N3O2/c1-11(2)15-8-12-7-14(19-16-12)10-17-6-4-5-13(9-17)18-3/h7,11,13,15H,4-6,8-10H2,1-3H3. The number of likely N-dealkylation sites (tertiary alicyclic amines) is 1. The van der Waals surface area contributed by atoms with E-state index in [1.54, 1.807) is 7.11 Å². The zero-order valence-electron chi connectivity index (χ0n) is 12.2. The Labute approximate surface area is 115 Å². The molecule has 1 atom stereocenters. The predicted octanol–water partition coefficient (Wildman–Crippen LogP) is 1.78. The normalized spacial score (nSPS) is 21.2. The first-order valence-electron chi connectivity index (χ1n) is 7.10. The SMILES string of the molecule is COC1CCCN(Cc2cc(CNC(C)C)no2)C1. The second-order valence-corrected chi connectivity index (χ2v) is 5.56. The van der Waals surface area contributed by atoms with Gasteiger partial charge in [0.15, 0.2) is 5.76 Å². The number of rotatable bonds is 6. The zero-order chi connectivity index (χ0) is 13.7. The fourth-order valence-corrected chi connectivity index (χ4v) is 2.39. The first-order chi connectivity index (χ1) is 9.17. The van der Waals surface area contributed by atoms with Gasteiger partial charge in [0.1, 0.15) is 0 Å². The Morgan fingerprint density at radius 1 is 1.58 bits per heavy atom. The maximum atomic E-state index is 5.43. The van der Waals surface area contributed by atoms with Crippen LogP contribution in [0, 0.1) is 0 Å². The van der Waals surface area contributed by atoms with Crippen molar-refractivity contribution in [3.05, 3.63) is 17.5 Å². The third kappa shape index (κ3) is 4.60. The minimum absolute atomic E-state index is 0.360. The summed E-state index contributed by atoms with van der Waals surface area (Å²) >= 11 is 0. The summed E-state index contributed by atoms with van der Waals surface area (Å²) in [4.78, 5) is 2.37. The molecular formula is C14H25N3O2. The van der Waals surface area contributed by atoms with E-state index in [1.165, 1.54) is 6.42 Å². The van der Waals surface area contributed by atoms with Crippen LogP contribution in [0.3, 0.4) is 0 Å². The van der Waals surface area contributed by atoms with Crippen molar-refractivity contribution in [1.82, 2.24) is 15.4 Å². The Morgan fingerprint density at radius 2 is 2.42 bits per heavy atom. The van der Waals surface area contributed by atoms with Crippen molar-refractivity contribution < 1.29 is 9.26 Å². The average Bonchev–Trinajstić information content (AvgIpc) is 2.84. The third-order valence-electron chi connectivity index (χ3n) is 3.47. The van der Waals surface area contributed by atoms with Gasteiger partial charge in [-0.3, -0.25) is 4.90 Å². The van der Waals surface area contributed by atoms with Gasteiger partial charge in [-0.2, -0.15) is 0 Å². The van der Waals surface area contributed by atoms with Gasteiger partial charge < -0.3 is 14.6 Å². The monoisotopic (exact) mass is 267 g/mol. The second kappa shape index (κ2) is 7.03. The van der Waals surface area contributed by atoms with Gasteiger partial charge in [0.2, 0.25) is 0 Å². The average molecular weight is 267 g/mol. The fourth-order valence-electron chi connectivity index (χ4n) is 2.39. The van der Waals surface area contributed by atoms with Crippen molar-refractivity contribution >= 4 is 0 Å². The second-order valence-electron chi connectivity index (χ2n) is 5.56. The Bertz CT molecular complexity index is 379. The summed E-state index contributed by atoms with van der Waals surface area (Å²) in [5, 5.41) is 7.44. The van der Waals surface area contributed by atoms with Crippen molar-refractivity contribution in [3.63, 3.8) is 0 Å². The zero-order valence-corrected chi connectivity index (χ0v) is 12.2. The molecule has 1 fully saturated rings. The lowest BCUT2D eigenvalue weighted by molar-refractivity contribution is 0.0257. The number of aromatic nitrogens is 1. The number of hydrogen-bond donors (Lipinski definition) is 1. The van der Waals surface area contributed by atoms with Gasteiger partial charge in [-0.1, -0.05) is 19.0 Å². The van der Waals surface area contributed by atoms with Gasteiger partial charge in [-0.25, -0.2) is 0 Å². The minimum atomic E-state index is 0.360. The van der Waals surface area contributed by atoms with E-state index in [2.05, 4.69) is 29.2 Å². The van der Waals surface area contributed by atoms with E-state index >= 15 is 0 Å². The summed E-state index contributed by atoms with van der Waals surface area (Å²) in [6, 6.07) is 2.51. The van der Waals surface area contributed by atoms with Crippen LogP contribution in [0.4, 0.5) is 0 Å². The van der Waals surface area contributed by atoms with E-state index in [0.717, 1.165) is 44.1 Å². The summed E-state index contributed by atoms with van der Waals surface area (Å²) < 4.78 is 10.8. The quantitative estimate of drug-likeness (QED) is 0.851. The maximum Gasteiger partial charge on any atom is 0.151 e. The van der Waals surface area contributed by atoms with Gasteiger partial charge in [0.05, 0.1) is 18.3 Å². The van der Waals surface area contributed by atoms with Crippen molar-refractivity contribution in [2.75, 3.05) is 20.2 Å². The van der Waals surface area contributed by atoms with Gasteiger partial charge >= 0.3 is 0 Å². The van der Waals surface area contributed by atoms with Crippen LogP contribution < -0.4 is 5.32 Å². The highest BCUT2D eigenvalue weighted by Gasteiger charge is 2.20. The van der Waals surface area contributed by atoms with E-state index in [1.807, 2.05) is 6.07 Å². The molecule has 5 heteroatoms. The Hall–Kier alpha value is -0.910. The van der Waals surface area contributed by atoms with Crippen molar-refractivity contribution in [1.29, 1.82) is 0 Å². The maximum absolute atomic E-state index is 5.43. The molecule has 1 saturated heterocycles. The molecular weight excluding hydrogens is 242 g/mol. The predicted molar refractivity (Wildman–Crippen MR) is 73.8 cm³/mol. The van der Waals surface area contributed by atoms with Crippen LogP contribution in [0.2, 0.25) is 0 Å². The van der Waals surface area contributed by atoms with Gasteiger partial charge in [0.25, 0.3) is 0 Å². The summed E-state index contributed by atoms with van der Waals surface area (Å²) in [5.41, 5.74) is 0.976. The topological polar surface area (TPSA) is 50.5 Å². The van der Waals surface area contributed by atoms with Crippen molar-refractivity contribution in [2.24, 2.45) is 0 Å². The largest absolute Gasteiger partial charge is 0.380 e. The van der Waals surface area contributed by atoms with E-state index in [9.17, 15) is 0 Å². The van der Waals surface area contributed by atoms with Crippen LogP contribution in [0.15, 0.2) is 10.6 Å². The van der Waals surface area contributed by atoms with E-state index < -0.39 is 0 Å². The van der Waals surface area contributed by atoms with E-state index in [-0.39, 0.29) is 0 Å². The summed E-state index contributed by atoms with van der Waals surface area (Å²) in [6.45, 7) is 7.94. The van der Waals surface area contributed by atoms with Crippen LogP contribution in [-0.4, -0.2) is 42.4 Å². The fraction of sp³-hybridized carbons (Fsp3) is 0.786. The number of methoxy groups -OCH3 is 1. The lowest BCUT2D eigenvalue weighted by Gasteiger charge is -2.30. The van der Waals surface area contributed by atoms with Crippen molar-refractivity contribution in [3.8, 4) is 0 Å². The number of piperidine rings is 1. The number of ether oxygens (including phenoxy) is 1. The Kier molecular flexibility index (Phi) is 5.36. The molecule has 1 unspecified atom stereocenters. The third-order valence-corrected chi connectivity index (χ3v) is 3.47. The molecule has 0 saturated carbocycles. The molecule has 0 amide bonds. The lowest BCUT2D eigenvalue weighted by Crippen LogP contribution is -2.38.